The maximum absolute atomic E-state index is 12.4. The minimum atomic E-state index is -0.408. The van der Waals surface area contributed by atoms with Gasteiger partial charge in [0.1, 0.15) is 6.61 Å². The van der Waals surface area contributed by atoms with Gasteiger partial charge in [-0.3, -0.25) is 4.98 Å². The van der Waals surface area contributed by atoms with Crippen molar-refractivity contribution in [1.29, 1.82) is 0 Å². The van der Waals surface area contributed by atoms with Gasteiger partial charge in [0.25, 0.3) is 0 Å². The molecule has 2 heterocycles. The molecule has 0 saturated carbocycles. The number of aryl methyl sites for hydroxylation is 1. The second-order valence-electron chi connectivity index (χ2n) is 5.81. The van der Waals surface area contributed by atoms with E-state index in [1.807, 2.05) is 30.3 Å². The highest BCUT2D eigenvalue weighted by atomic mass is 16.5. The molecule has 0 amide bonds. The highest BCUT2D eigenvalue weighted by Gasteiger charge is 2.12. The van der Waals surface area contributed by atoms with E-state index in [1.54, 1.807) is 37.4 Å². The first-order valence-electron chi connectivity index (χ1n) is 8.10. The van der Waals surface area contributed by atoms with Gasteiger partial charge in [-0.2, -0.15) is 0 Å². The van der Waals surface area contributed by atoms with Crippen molar-refractivity contribution in [2.45, 2.75) is 13.5 Å². The van der Waals surface area contributed by atoms with Crippen molar-refractivity contribution in [3.05, 3.63) is 77.8 Å². The maximum atomic E-state index is 12.4. The largest absolute Gasteiger partial charge is 0.457 e. The van der Waals surface area contributed by atoms with E-state index in [-0.39, 0.29) is 6.61 Å². The Balaban J connectivity index is 1.49. The molecule has 0 spiro atoms. The van der Waals surface area contributed by atoms with E-state index in [0.717, 1.165) is 16.5 Å². The van der Waals surface area contributed by atoms with Gasteiger partial charge >= 0.3 is 5.97 Å². The summed E-state index contributed by atoms with van der Waals surface area (Å²) in [5.74, 6) is 0.437. The van der Waals surface area contributed by atoms with Crippen molar-refractivity contribution in [1.82, 2.24) is 15.2 Å². The van der Waals surface area contributed by atoms with Gasteiger partial charge in [-0.25, -0.2) is 4.79 Å². The Morgan fingerprint density at radius 3 is 2.85 bits per heavy atom. The number of aromatic nitrogens is 3. The molecule has 0 aliphatic carbocycles. The third-order valence-corrected chi connectivity index (χ3v) is 3.91. The fourth-order valence-electron chi connectivity index (χ4n) is 2.64. The Labute approximate surface area is 149 Å². The third-order valence-electron chi connectivity index (χ3n) is 3.91. The first kappa shape index (κ1) is 16.0. The second-order valence-corrected chi connectivity index (χ2v) is 5.81. The van der Waals surface area contributed by atoms with Crippen LogP contribution < -0.4 is 0 Å². The van der Waals surface area contributed by atoms with Crippen LogP contribution in [-0.2, 0) is 11.3 Å². The Kier molecular flexibility index (Phi) is 4.15. The molecule has 0 unspecified atom stereocenters. The second kappa shape index (κ2) is 6.76. The quantitative estimate of drug-likeness (QED) is 0.521. The topological polar surface area (TPSA) is 78.1 Å². The predicted molar refractivity (Wildman–Crippen MR) is 95.3 cm³/mol. The SMILES string of the molecule is Cc1nnc(-c2cccc(C(=O)OCc3ccc4ncccc4c3)c2)o1. The van der Waals surface area contributed by atoms with Crippen molar-refractivity contribution >= 4 is 16.9 Å². The van der Waals surface area contributed by atoms with E-state index < -0.39 is 5.97 Å². The van der Waals surface area contributed by atoms with E-state index in [0.29, 0.717) is 22.9 Å². The molecule has 6 nitrogen and oxygen atoms in total. The van der Waals surface area contributed by atoms with Crippen LogP contribution in [0.3, 0.4) is 0 Å². The molecule has 0 atom stereocenters. The van der Waals surface area contributed by atoms with Gasteiger partial charge in [0.2, 0.25) is 11.8 Å². The lowest BCUT2D eigenvalue weighted by Gasteiger charge is -2.07. The van der Waals surface area contributed by atoms with Gasteiger partial charge in [0, 0.05) is 24.1 Å². The zero-order valence-corrected chi connectivity index (χ0v) is 14.0. The molecule has 2 aromatic heterocycles. The number of rotatable bonds is 4. The number of carbonyl (C=O) groups excluding carboxylic acids is 1. The lowest BCUT2D eigenvalue weighted by Crippen LogP contribution is -2.05. The summed E-state index contributed by atoms with van der Waals surface area (Å²) >= 11 is 0. The lowest BCUT2D eigenvalue weighted by atomic mass is 10.1. The van der Waals surface area contributed by atoms with E-state index in [1.165, 1.54) is 0 Å². The van der Waals surface area contributed by atoms with Crippen molar-refractivity contribution in [3.63, 3.8) is 0 Å². The molecule has 26 heavy (non-hydrogen) atoms. The molecule has 6 heteroatoms. The third kappa shape index (κ3) is 3.30. The van der Waals surface area contributed by atoms with Gasteiger partial charge in [0.05, 0.1) is 11.1 Å². The number of ether oxygens (including phenoxy) is 1. The summed E-state index contributed by atoms with van der Waals surface area (Å²) in [5.41, 5.74) is 2.92. The molecule has 0 fully saturated rings. The molecule has 128 valence electrons. The monoisotopic (exact) mass is 345 g/mol. The number of hydrogen-bond donors (Lipinski definition) is 0. The molecule has 0 aliphatic heterocycles. The number of nitrogens with zero attached hydrogens (tertiary/aromatic N) is 3. The highest BCUT2D eigenvalue weighted by molar-refractivity contribution is 5.90. The fourth-order valence-corrected chi connectivity index (χ4v) is 2.64. The number of pyridine rings is 1. The zero-order chi connectivity index (χ0) is 17.9. The average molecular weight is 345 g/mol. The van der Waals surface area contributed by atoms with Crippen molar-refractivity contribution < 1.29 is 13.9 Å². The Morgan fingerprint density at radius 1 is 1.08 bits per heavy atom. The maximum Gasteiger partial charge on any atom is 0.338 e. The number of benzene rings is 2. The van der Waals surface area contributed by atoms with Crippen LogP contribution >= 0.6 is 0 Å². The zero-order valence-electron chi connectivity index (χ0n) is 14.0. The number of carbonyl (C=O) groups is 1. The van der Waals surface area contributed by atoms with Crippen LogP contribution in [0.2, 0.25) is 0 Å². The fraction of sp³-hybridized carbons (Fsp3) is 0.100. The molecule has 0 radical (unpaired) electrons. The minimum Gasteiger partial charge on any atom is -0.457 e. The van der Waals surface area contributed by atoms with Crippen LogP contribution in [0.5, 0.6) is 0 Å². The van der Waals surface area contributed by atoms with Crippen LogP contribution in [0, 0.1) is 6.92 Å². The van der Waals surface area contributed by atoms with Crippen LogP contribution in [0.15, 0.2) is 65.2 Å². The molecular weight excluding hydrogens is 330 g/mol. The number of hydrogen-bond acceptors (Lipinski definition) is 6. The predicted octanol–water partition coefficient (Wildman–Crippen LogP) is 3.95. The smallest absolute Gasteiger partial charge is 0.338 e. The molecule has 2 aromatic carbocycles. The summed E-state index contributed by atoms with van der Waals surface area (Å²) < 4.78 is 10.8. The molecule has 4 rings (SSSR count). The summed E-state index contributed by atoms with van der Waals surface area (Å²) in [4.78, 5) is 16.6. The van der Waals surface area contributed by atoms with E-state index >= 15 is 0 Å². The van der Waals surface area contributed by atoms with Gasteiger partial charge in [-0.05, 0) is 42.0 Å². The van der Waals surface area contributed by atoms with Crippen molar-refractivity contribution in [2.75, 3.05) is 0 Å². The van der Waals surface area contributed by atoms with Crippen molar-refractivity contribution in [3.8, 4) is 11.5 Å². The minimum absolute atomic E-state index is 0.188. The normalized spacial score (nSPS) is 10.8. The first-order valence-corrected chi connectivity index (χ1v) is 8.10. The number of fused-ring (bicyclic) bond motifs is 1. The van der Waals surface area contributed by atoms with E-state index in [2.05, 4.69) is 15.2 Å². The van der Waals surface area contributed by atoms with Crippen LogP contribution in [0.1, 0.15) is 21.8 Å². The van der Waals surface area contributed by atoms with E-state index in [4.69, 9.17) is 9.15 Å². The molecule has 4 aromatic rings. The average Bonchev–Trinajstić information content (AvgIpc) is 3.12. The molecule has 0 aliphatic rings. The van der Waals surface area contributed by atoms with Crippen LogP contribution in [0.4, 0.5) is 0 Å². The summed E-state index contributed by atoms with van der Waals surface area (Å²) in [5, 5.41) is 8.77. The van der Waals surface area contributed by atoms with Crippen LogP contribution in [0.25, 0.3) is 22.4 Å². The Hall–Kier alpha value is -3.54. The molecular formula is C20H15N3O3. The Bertz CT molecular complexity index is 1090. The molecule has 0 saturated heterocycles. The summed E-state index contributed by atoms with van der Waals surface area (Å²) in [6.07, 6.45) is 1.75. The highest BCUT2D eigenvalue weighted by Crippen LogP contribution is 2.20. The number of esters is 1. The standard InChI is InChI=1S/C20H15N3O3/c1-13-22-23-19(26-13)16-4-2-5-17(11-16)20(24)25-12-14-7-8-18-15(10-14)6-3-9-21-18/h2-11H,12H2,1H3. The summed E-state index contributed by atoms with van der Waals surface area (Å²) in [6, 6.07) is 16.6. The molecule has 0 bridgehead atoms. The van der Waals surface area contributed by atoms with Gasteiger partial charge in [0.15, 0.2) is 0 Å². The Morgan fingerprint density at radius 2 is 2.00 bits per heavy atom. The van der Waals surface area contributed by atoms with Gasteiger partial charge < -0.3 is 9.15 Å². The van der Waals surface area contributed by atoms with Crippen molar-refractivity contribution in [2.24, 2.45) is 0 Å². The summed E-state index contributed by atoms with van der Waals surface area (Å²) in [7, 11) is 0. The van der Waals surface area contributed by atoms with Gasteiger partial charge in [-0.1, -0.05) is 18.2 Å². The lowest BCUT2D eigenvalue weighted by molar-refractivity contribution is 0.0473. The summed E-state index contributed by atoms with van der Waals surface area (Å²) in [6.45, 7) is 1.90. The van der Waals surface area contributed by atoms with Crippen LogP contribution in [-0.4, -0.2) is 21.2 Å². The van der Waals surface area contributed by atoms with Gasteiger partial charge in [-0.15, -0.1) is 10.2 Å². The molecule has 0 N–H and O–H groups in total. The van der Waals surface area contributed by atoms with E-state index in [9.17, 15) is 4.79 Å². The first-order chi connectivity index (χ1) is 12.7.